The molecular formula is C22H24N2O3. The second-order valence-corrected chi connectivity index (χ2v) is 5.92. The zero-order valence-electron chi connectivity index (χ0n) is 15.7. The molecule has 0 unspecified atom stereocenters. The van der Waals surface area contributed by atoms with E-state index < -0.39 is 0 Å². The summed E-state index contributed by atoms with van der Waals surface area (Å²) in [6.07, 6.45) is 3.13. The summed E-state index contributed by atoms with van der Waals surface area (Å²) in [6, 6.07) is 17.2. The van der Waals surface area contributed by atoms with Gasteiger partial charge in [0.25, 0.3) is 5.91 Å². The molecule has 0 aliphatic rings. The van der Waals surface area contributed by atoms with Gasteiger partial charge in [0.2, 0.25) is 0 Å². The van der Waals surface area contributed by atoms with Crippen molar-refractivity contribution >= 4 is 12.0 Å². The maximum Gasteiger partial charge on any atom is 0.261 e. The van der Waals surface area contributed by atoms with Gasteiger partial charge in [-0.15, -0.1) is 0 Å². The van der Waals surface area contributed by atoms with E-state index in [1.807, 2.05) is 43.3 Å². The van der Waals surface area contributed by atoms with Crippen LogP contribution in [-0.4, -0.2) is 26.2 Å². The van der Waals surface area contributed by atoms with E-state index in [4.69, 9.17) is 9.47 Å². The van der Waals surface area contributed by atoms with E-state index in [1.54, 1.807) is 31.4 Å². The number of carbonyl (C=O) groups excluding carboxylic acids is 1. The Morgan fingerprint density at radius 1 is 1.19 bits per heavy atom. The molecule has 140 valence electrons. The molecular weight excluding hydrogens is 340 g/mol. The predicted molar refractivity (Wildman–Crippen MR) is 106 cm³/mol. The standard InChI is InChI=1S/C22H24N2O3/c1-3-13-27-21-15-18(9-10-20(21)26-2)14-19(16-23)22(25)24-12-11-17-7-5-4-6-8-17/h4-10,14-15H,3,11-13H2,1-2H3,(H,24,25)/b19-14+. The third-order valence-electron chi connectivity index (χ3n) is 3.87. The molecule has 0 heterocycles. The first kappa shape index (κ1) is 20.1. The molecule has 0 aliphatic heterocycles. The third kappa shape index (κ3) is 6.19. The van der Waals surface area contributed by atoms with Crippen LogP contribution in [0.5, 0.6) is 11.5 Å². The Labute approximate surface area is 160 Å². The quantitative estimate of drug-likeness (QED) is 0.543. The number of carbonyl (C=O) groups is 1. The van der Waals surface area contributed by atoms with Gasteiger partial charge in [-0.1, -0.05) is 43.3 Å². The molecule has 5 nitrogen and oxygen atoms in total. The van der Waals surface area contributed by atoms with Gasteiger partial charge in [0, 0.05) is 6.54 Å². The average molecular weight is 364 g/mol. The molecule has 2 aromatic carbocycles. The maximum absolute atomic E-state index is 12.3. The van der Waals surface area contributed by atoms with Crippen molar-refractivity contribution < 1.29 is 14.3 Å². The first-order valence-corrected chi connectivity index (χ1v) is 8.92. The smallest absolute Gasteiger partial charge is 0.261 e. The Hall–Kier alpha value is -3.26. The molecule has 0 atom stereocenters. The summed E-state index contributed by atoms with van der Waals surface area (Å²) in [5.74, 6) is 0.821. The van der Waals surface area contributed by atoms with E-state index in [0.717, 1.165) is 12.0 Å². The zero-order chi connectivity index (χ0) is 19.5. The second kappa shape index (κ2) is 10.7. The molecule has 0 aromatic heterocycles. The molecule has 0 aliphatic carbocycles. The SMILES string of the molecule is CCCOc1cc(/C=C(\C#N)C(=O)NCCc2ccccc2)ccc1OC. The molecule has 5 heteroatoms. The summed E-state index contributed by atoms with van der Waals surface area (Å²) in [4.78, 5) is 12.3. The molecule has 2 rings (SSSR count). The molecule has 0 saturated carbocycles. The number of hydrogen-bond donors (Lipinski definition) is 1. The van der Waals surface area contributed by atoms with Crippen LogP contribution < -0.4 is 14.8 Å². The number of nitrogens with one attached hydrogen (secondary N) is 1. The summed E-state index contributed by atoms with van der Waals surface area (Å²) < 4.78 is 11.0. The monoisotopic (exact) mass is 364 g/mol. The molecule has 27 heavy (non-hydrogen) atoms. The van der Waals surface area contributed by atoms with Crippen molar-refractivity contribution in [3.05, 3.63) is 65.2 Å². The summed E-state index contributed by atoms with van der Waals surface area (Å²) in [5, 5.41) is 12.1. The van der Waals surface area contributed by atoms with Crippen molar-refractivity contribution in [3.8, 4) is 17.6 Å². The highest BCUT2D eigenvalue weighted by molar-refractivity contribution is 6.01. The van der Waals surface area contributed by atoms with Gasteiger partial charge in [-0.05, 0) is 42.2 Å². The van der Waals surface area contributed by atoms with Crippen LogP contribution in [-0.2, 0) is 11.2 Å². The van der Waals surface area contributed by atoms with Gasteiger partial charge in [-0.2, -0.15) is 5.26 Å². The fourth-order valence-electron chi connectivity index (χ4n) is 2.48. The number of amides is 1. The Bertz CT molecular complexity index is 823. The summed E-state index contributed by atoms with van der Waals surface area (Å²) >= 11 is 0. The van der Waals surface area contributed by atoms with Gasteiger partial charge < -0.3 is 14.8 Å². The van der Waals surface area contributed by atoms with Gasteiger partial charge in [0.05, 0.1) is 13.7 Å². The van der Waals surface area contributed by atoms with Gasteiger partial charge in [0.1, 0.15) is 11.6 Å². The van der Waals surface area contributed by atoms with Crippen molar-refractivity contribution in [3.63, 3.8) is 0 Å². The highest BCUT2D eigenvalue weighted by Crippen LogP contribution is 2.29. The lowest BCUT2D eigenvalue weighted by atomic mass is 10.1. The van der Waals surface area contributed by atoms with Gasteiger partial charge in [-0.3, -0.25) is 4.79 Å². The Balaban J connectivity index is 2.05. The Morgan fingerprint density at radius 2 is 1.96 bits per heavy atom. The zero-order valence-corrected chi connectivity index (χ0v) is 15.7. The fraction of sp³-hybridized carbons (Fsp3) is 0.273. The number of hydrogen-bond acceptors (Lipinski definition) is 4. The Morgan fingerprint density at radius 3 is 2.63 bits per heavy atom. The third-order valence-corrected chi connectivity index (χ3v) is 3.87. The summed E-state index contributed by atoms with van der Waals surface area (Å²) in [5.41, 5.74) is 1.89. The largest absolute Gasteiger partial charge is 0.493 e. The summed E-state index contributed by atoms with van der Waals surface area (Å²) in [6.45, 7) is 3.05. The minimum atomic E-state index is -0.389. The first-order chi connectivity index (χ1) is 13.2. The topological polar surface area (TPSA) is 71.3 Å². The minimum Gasteiger partial charge on any atom is -0.493 e. The van der Waals surface area contributed by atoms with Gasteiger partial charge >= 0.3 is 0 Å². The van der Waals surface area contributed by atoms with E-state index in [2.05, 4.69) is 5.32 Å². The van der Waals surface area contributed by atoms with E-state index >= 15 is 0 Å². The second-order valence-electron chi connectivity index (χ2n) is 5.92. The van der Waals surface area contributed by atoms with E-state index in [1.165, 1.54) is 0 Å². The molecule has 2 aromatic rings. The van der Waals surface area contributed by atoms with Crippen molar-refractivity contribution in [2.75, 3.05) is 20.3 Å². The van der Waals surface area contributed by atoms with Crippen LogP contribution in [0.1, 0.15) is 24.5 Å². The molecule has 1 amide bonds. The number of nitrogens with zero attached hydrogens (tertiary/aromatic N) is 1. The molecule has 0 fully saturated rings. The van der Waals surface area contributed by atoms with Crippen LogP contribution in [0, 0.1) is 11.3 Å². The Kier molecular flexibility index (Phi) is 7.92. The molecule has 1 N–H and O–H groups in total. The number of benzene rings is 2. The van der Waals surface area contributed by atoms with Crippen molar-refractivity contribution in [2.45, 2.75) is 19.8 Å². The normalized spacial score (nSPS) is 10.8. The highest BCUT2D eigenvalue weighted by atomic mass is 16.5. The van der Waals surface area contributed by atoms with Crippen LogP contribution in [0.3, 0.4) is 0 Å². The number of ether oxygens (including phenoxy) is 2. The number of nitriles is 1. The van der Waals surface area contributed by atoms with Crippen molar-refractivity contribution in [2.24, 2.45) is 0 Å². The van der Waals surface area contributed by atoms with Crippen molar-refractivity contribution in [1.29, 1.82) is 5.26 Å². The van der Waals surface area contributed by atoms with Crippen molar-refractivity contribution in [1.82, 2.24) is 5.32 Å². The first-order valence-electron chi connectivity index (χ1n) is 8.92. The summed E-state index contributed by atoms with van der Waals surface area (Å²) in [7, 11) is 1.57. The van der Waals surface area contributed by atoms with E-state index in [0.29, 0.717) is 36.6 Å². The van der Waals surface area contributed by atoms with Gasteiger partial charge in [-0.25, -0.2) is 0 Å². The molecule has 0 saturated heterocycles. The van der Waals surface area contributed by atoms with Crippen LogP contribution in [0.25, 0.3) is 6.08 Å². The van der Waals surface area contributed by atoms with Crippen LogP contribution >= 0.6 is 0 Å². The lowest BCUT2D eigenvalue weighted by Crippen LogP contribution is -2.26. The van der Waals surface area contributed by atoms with Gasteiger partial charge in [0.15, 0.2) is 11.5 Å². The maximum atomic E-state index is 12.3. The lowest BCUT2D eigenvalue weighted by molar-refractivity contribution is -0.117. The molecule has 0 bridgehead atoms. The minimum absolute atomic E-state index is 0.0506. The highest BCUT2D eigenvalue weighted by Gasteiger charge is 2.10. The van der Waals surface area contributed by atoms with E-state index in [9.17, 15) is 10.1 Å². The number of rotatable bonds is 9. The van der Waals surface area contributed by atoms with Crippen LogP contribution in [0.2, 0.25) is 0 Å². The predicted octanol–water partition coefficient (Wildman–Crippen LogP) is 3.75. The van der Waals surface area contributed by atoms with Crippen LogP contribution in [0.15, 0.2) is 54.1 Å². The lowest BCUT2D eigenvalue weighted by Gasteiger charge is -2.11. The molecule has 0 radical (unpaired) electrons. The number of methoxy groups -OCH3 is 1. The fourth-order valence-corrected chi connectivity index (χ4v) is 2.48. The average Bonchev–Trinajstić information content (AvgIpc) is 2.71. The molecule has 0 spiro atoms. The van der Waals surface area contributed by atoms with E-state index in [-0.39, 0.29) is 11.5 Å². The van der Waals surface area contributed by atoms with Crippen LogP contribution in [0.4, 0.5) is 0 Å².